The van der Waals surface area contributed by atoms with Crippen LogP contribution in [-0.2, 0) is 10.0 Å². The van der Waals surface area contributed by atoms with E-state index < -0.39 is 21.6 Å². The fourth-order valence-electron chi connectivity index (χ4n) is 3.08. The number of piperidine rings is 1. The number of hydrogen-bond donors (Lipinski definition) is 2. The maximum atomic E-state index is 13.8. The summed E-state index contributed by atoms with van der Waals surface area (Å²) in [7, 11) is -3.17. The van der Waals surface area contributed by atoms with Crippen molar-refractivity contribution in [2.75, 3.05) is 30.4 Å². The van der Waals surface area contributed by atoms with Crippen LogP contribution in [0.3, 0.4) is 0 Å². The van der Waals surface area contributed by atoms with Gasteiger partial charge in [-0.2, -0.15) is 0 Å². The second-order valence-corrected chi connectivity index (χ2v) is 8.50. The van der Waals surface area contributed by atoms with Gasteiger partial charge in [0, 0.05) is 19.1 Å². The van der Waals surface area contributed by atoms with E-state index in [0.717, 1.165) is 0 Å². The Balaban J connectivity index is 1.69. The molecule has 1 saturated heterocycles. The first-order chi connectivity index (χ1) is 12.8. The summed E-state index contributed by atoms with van der Waals surface area (Å²) in [6.07, 6.45) is 2.49. The Labute approximate surface area is 157 Å². The Morgan fingerprint density at radius 2 is 1.85 bits per heavy atom. The molecule has 1 aromatic carbocycles. The molecule has 2 aromatic rings. The standard InChI is InChI=1S/C18H21FN4O3S/c1-27(25,26)23-10-8-12(9-11-23)21-16-7-6-14(18(20)22-16)17(24)13-4-2-3-5-15(13)19/h2-7,12H,8-11H2,1H3,(H3,20,21,22). The van der Waals surface area contributed by atoms with Crippen LogP contribution in [0.2, 0.25) is 0 Å². The minimum atomic E-state index is -3.17. The van der Waals surface area contributed by atoms with E-state index in [9.17, 15) is 17.6 Å². The molecule has 27 heavy (non-hydrogen) atoms. The number of carbonyl (C=O) groups is 1. The summed E-state index contributed by atoms with van der Waals surface area (Å²) in [4.78, 5) is 16.7. The van der Waals surface area contributed by atoms with Crippen molar-refractivity contribution >= 4 is 27.4 Å². The number of nitrogens with one attached hydrogen (secondary N) is 1. The first kappa shape index (κ1) is 19.2. The fourth-order valence-corrected chi connectivity index (χ4v) is 3.95. The van der Waals surface area contributed by atoms with Gasteiger partial charge in [0.1, 0.15) is 17.5 Å². The van der Waals surface area contributed by atoms with E-state index in [2.05, 4.69) is 10.3 Å². The molecule has 3 rings (SSSR count). The molecule has 0 bridgehead atoms. The van der Waals surface area contributed by atoms with Crippen LogP contribution in [0.25, 0.3) is 0 Å². The zero-order valence-electron chi connectivity index (χ0n) is 14.9. The molecule has 7 nitrogen and oxygen atoms in total. The zero-order chi connectivity index (χ0) is 19.6. The maximum absolute atomic E-state index is 13.8. The summed E-state index contributed by atoms with van der Waals surface area (Å²) >= 11 is 0. The van der Waals surface area contributed by atoms with E-state index in [1.807, 2.05) is 0 Å². The number of aromatic nitrogens is 1. The molecule has 1 aromatic heterocycles. The molecule has 9 heteroatoms. The predicted octanol–water partition coefficient (Wildman–Crippen LogP) is 1.87. The molecule has 1 aliphatic rings. The van der Waals surface area contributed by atoms with E-state index in [4.69, 9.17) is 5.73 Å². The number of nitrogens with zero attached hydrogens (tertiary/aromatic N) is 2. The number of halogens is 1. The van der Waals surface area contributed by atoms with Crippen LogP contribution in [0, 0.1) is 5.82 Å². The molecule has 1 aliphatic heterocycles. The number of carbonyl (C=O) groups excluding carboxylic acids is 1. The summed E-state index contributed by atoms with van der Waals surface area (Å²) < 4.78 is 38.4. The van der Waals surface area contributed by atoms with Gasteiger partial charge in [0.25, 0.3) is 0 Å². The minimum Gasteiger partial charge on any atom is -0.383 e. The molecule has 0 saturated carbocycles. The molecule has 0 radical (unpaired) electrons. The van der Waals surface area contributed by atoms with Gasteiger partial charge in [0.05, 0.1) is 17.4 Å². The van der Waals surface area contributed by atoms with Gasteiger partial charge in [0.15, 0.2) is 5.78 Å². The molecule has 3 N–H and O–H groups in total. The van der Waals surface area contributed by atoms with Crippen molar-refractivity contribution in [1.82, 2.24) is 9.29 Å². The number of anilines is 2. The Morgan fingerprint density at radius 1 is 1.19 bits per heavy atom. The fraction of sp³-hybridized carbons (Fsp3) is 0.333. The average molecular weight is 392 g/mol. The summed E-state index contributed by atoms with van der Waals surface area (Å²) in [6, 6.07) is 8.91. The number of pyridine rings is 1. The molecule has 1 fully saturated rings. The van der Waals surface area contributed by atoms with E-state index in [1.165, 1.54) is 34.8 Å². The first-order valence-electron chi connectivity index (χ1n) is 8.53. The highest BCUT2D eigenvalue weighted by atomic mass is 32.2. The molecule has 0 unspecified atom stereocenters. The topological polar surface area (TPSA) is 105 Å². The highest BCUT2D eigenvalue weighted by molar-refractivity contribution is 7.88. The van der Waals surface area contributed by atoms with Crippen molar-refractivity contribution in [3.05, 3.63) is 53.3 Å². The molecule has 0 atom stereocenters. The highest BCUT2D eigenvalue weighted by Gasteiger charge is 2.25. The smallest absolute Gasteiger partial charge is 0.211 e. The number of nitrogens with two attached hydrogens (primary N) is 1. The van der Waals surface area contributed by atoms with Crippen molar-refractivity contribution in [1.29, 1.82) is 0 Å². The third-order valence-corrected chi connectivity index (χ3v) is 5.87. The largest absolute Gasteiger partial charge is 0.383 e. The lowest BCUT2D eigenvalue weighted by Gasteiger charge is -2.31. The molecule has 0 amide bonds. The van der Waals surface area contributed by atoms with Gasteiger partial charge in [-0.15, -0.1) is 0 Å². The van der Waals surface area contributed by atoms with Crippen molar-refractivity contribution < 1.29 is 17.6 Å². The first-order valence-corrected chi connectivity index (χ1v) is 10.4. The molecular weight excluding hydrogens is 371 g/mol. The van der Waals surface area contributed by atoms with Gasteiger partial charge in [-0.25, -0.2) is 22.1 Å². The molecule has 0 spiro atoms. The van der Waals surface area contributed by atoms with E-state index in [0.29, 0.717) is 31.7 Å². The average Bonchev–Trinajstić information content (AvgIpc) is 2.61. The lowest BCUT2D eigenvalue weighted by atomic mass is 10.0. The lowest BCUT2D eigenvalue weighted by Crippen LogP contribution is -2.41. The van der Waals surface area contributed by atoms with Gasteiger partial charge < -0.3 is 11.1 Å². The zero-order valence-corrected chi connectivity index (χ0v) is 15.7. The molecule has 0 aliphatic carbocycles. The minimum absolute atomic E-state index is 0.0156. The summed E-state index contributed by atoms with van der Waals surface area (Å²) in [5.74, 6) is -0.620. The quantitative estimate of drug-likeness (QED) is 0.753. The third kappa shape index (κ3) is 4.42. The number of rotatable bonds is 5. The van der Waals surface area contributed by atoms with Crippen LogP contribution in [0.4, 0.5) is 16.0 Å². The number of sulfonamides is 1. The van der Waals surface area contributed by atoms with Crippen LogP contribution in [0.5, 0.6) is 0 Å². The number of nitrogen functional groups attached to an aromatic ring is 1. The maximum Gasteiger partial charge on any atom is 0.211 e. The normalized spacial score (nSPS) is 16.2. The Bertz CT molecular complexity index is 957. The molecule has 144 valence electrons. The third-order valence-electron chi connectivity index (χ3n) is 4.56. The Kier molecular flexibility index (Phi) is 5.43. The van der Waals surface area contributed by atoms with Crippen LogP contribution in [0.1, 0.15) is 28.8 Å². The van der Waals surface area contributed by atoms with E-state index >= 15 is 0 Å². The van der Waals surface area contributed by atoms with Crippen LogP contribution < -0.4 is 11.1 Å². The number of ketones is 1. The highest BCUT2D eigenvalue weighted by Crippen LogP contribution is 2.22. The predicted molar refractivity (Wildman–Crippen MR) is 102 cm³/mol. The van der Waals surface area contributed by atoms with Gasteiger partial charge in [-0.1, -0.05) is 12.1 Å². The number of hydrogen-bond acceptors (Lipinski definition) is 6. The second-order valence-electron chi connectivity index (χ2n) is 6.52. The lowest BCUT2D eigenvalue weighted by molar-refractivity contribution is 0.103. The van der Waals surface area contributed by atoms with E-state index in [1.54, 1.807) is 12.1 Å². The van der Waals surface area contributed by atoms with Gasteiger partial charge in [-0.3, -0.25) is 4.79 Å². The van der Waals surface area contributed by atoms with Crippen LogP contribution in [-0.4, -0.2) is 48.9 Å². The van der Waals surface area contributed by atoms with Crippen molar-refractivity contribution in [2.24, 2.45) is 0 Å². The van der Waals surface area contributed by atoms with Crippen LogP contribution in [0.15, 0.2) is 36.4 Å². The SMILES string of the molecule is CS(=O)(=O)N1CCC(Nc2ccc(C(=O)c3ccccc3F)c(N)n2)CC1. The summed E-state index contributed by atoms with van der Waals surface area (Å²) in [5.41, 5.74) is 5.99. The monoisotopic (exact) mass is 392 g/mol. The van der Waals surface area contributed by atoms with Gasteiger partial charge in [0.2, 0.25) is 10.0 Å². The second kappa shape index (κ2) is 7.61. The molecular formula is C18H21FN4O3S. The molecule has 2 heterocycles. The van der Waals surface area contributed by atoms with Crippen molar-refractivity contribution in [2.45, 2.75) is 18.9 Å². The van der Waals surface area contributed by atoms with Crippen molar-refractivity contribution in [3.63, 3.8) is 0 Å². The Morgan fingerprint density at radius 3 is 2.44 bits per heavy atom. The van der Waals surface area contributed by atoms with E-state index in [-0.39, 0.29) is 23.0 Å². The summed E-state index contributed by atoms with van der Waals surface area (Å²) in [6.45, 7) is 0.881. The van der Waals surface area contributed by atoms with Crippen molar-refractivity contribution in [3.8, 4) is 0 Å². The number of benzene rings is 1. The van der Waals surface area contributed by atoms with Gasteiger partial charge >= 0.3 is 0 Å². The van der Waals surface area contributed by atoms with Gasteiger partial charge in [-0.05, 0) is 37.1 Å². The summed E-state index contributed by atoms with van der Waals surface area (Å²) in [5, 5.41) is 3.21. The Hall–Kier alpha value is -2.52. The van der Waals surface area contributed by atoms with Crippen LogP contribution >= 0.6 is 0 Å².